The highest BCUT2D eigenvalue weighted by Gasteiger charge is 2.38. The van der Waals surface area contributed by atoms with Gasteiger partial charge in [-0.25, -0.2) is 9.69 Å². The minimum atomic E-state index is -0.894. The highest BCUT2D eigenvalue weighted by atomic mass is 35.5. The van der Waals surface area contributed by atoms with Crippen molar-refractivity contribution in [3.8, 4) is 11.8 Å². The first kappa shape index (κ1) is 25.4. The van der Waals surface area contributed by atoms with Crippen LogP contribution >= 0.6 is 11.6 Å². The lowest BCUT2D eigenvalue weighted by Gasteiger charge is -2.22. The second-order valence-corrected chi connectivity index (χ2v) is 8.27. The van der Waals surface area contributed by atoms with Crippen molar-refractivity contribution in [2.75, 3.05) is 30.1 Å². The topological polar surface area (TPSA) is 117 Å². The van der Waals surface area contributed by atoms with Crippen molar-refractivity contribution >= 4 is 46.7 Å². The second kappa shape index (κ2) is 10.9. The second-order valence-electron chi connectivity index (χ2n) is 7.86. The summed E-state index contributed by atoms with van der Waals surface area (Å²) >= 11 is 6.39. The summed E-state index contributed by atoms with van der Waals surface area (Å²) in [7, 11) is 1.30. The molecule has 0 saturated carbocycles. The number of amides is 3. The summed E-state index contributed by atoms with van der Waals surface area (Å²) in [5, 5.41) is 8.87. The highest BCUT2D eigenvalue weighted by Crippen LogP contribution is 2.38. The lowest BCUT2D eigenvalue weighted by Crippen LogP contribution is -2.35. The van der Waals surface area contributed by atoms with Gasteiger partial charge in [0.1, 0.15) is 11.3 Å². The maximum absolute atomic E-state index is 12.9. The van der Waals surface area contributed by atoms with Gasteiger partial charge >= 0.3 is 5.97 Å². The Labute approximate surface area is 217 Å². The summed E-state index contributed by atoms with van der Waals surface area (Å²) in [5.41, 5.74) is 0.991. The van der Waals surface area contributed by atoms with Crippen molar-refractivity contribution in [2.45, 2.75) is 6.42 Å². The number of anilines is 2. The van der Waals surface area contributed by atoms with E-state index in [1.165, 1.54) is 24.1 Å². The van der Waals surface area contributed by atoms with Gasteiger partial charge in [-0.2, -0.15) is 5.26 Å². The van der Waals surface area contributed by atoms with Crippen LogP contribution in [0.25, 0.3) is 0 Å². The summed E-state index contributed by atoms with van der Waals surface area (Å²) in [6, 6.07) is 19.6. The number of benzene rings is 3. The van der Waals surface area contributed by atoms with Gasteiger partial charge in [0.05, 0.1) is 41.4 Å². The van der Waals surface area contributed by atoms with Crippen LogP contribution in [0.3, 0.4) is 0 Å². The normalized spacial score (nSPS) is 12.1. The van der Waals surface area contributed by atoms with Crippen molar-refractivity contribution in [3.63, 3.8) is 0 Å². The number of hydrogen-bond donors (Lipinski definition) is 0. The minimum absolute atomic E-state index is 0.00204. The minimum Gasteiger partial charge on any atom is -0.496 e. The number of carbonyl (C=O) groups is 4. The lowest BCUT2D eigenvalue weighted by atomic mass is 10.1. The molecule has 0 atom stereocenters. The molecule has 0 aliphatic carbocycles. The smallest absolute Gasteiger partial charge is 0.342 e. The van der Waals surface area contributed by atoms with E-state index in [9.17, 15) is 19.2 Å². The molecule has 37 heavy (non-hydrogen) atoms. The molecule has 0 N–H and O–H groups in total. The van der Waals surface area contributed by atoms with Gasteiger partial charge in [-0.1, -0.05) is 41.9 Å². The number of halogens is 1. The Morgan fingerprint density at radius 2 is 1.62 bits per heavy atom. The molecule has 9 nitrogen and oxygen atoms in total. The van der Waals surface area contributed by atoms with Gasteiger partial charge < -0.3 is 14.4 Å². The fraction of sp³-hybridized carbons (Fsp3) is 0.148. The zero-order valence-electron chi connectivity index (χ0n) is 19.6. The molecule has 3 aromatic carbocycles. The van der Waals surface area contributed by atoms with E-state index in [-0.39, 0.29) is 46.1 Å². The van der Waals surface area contributed by atoms with Crippen LogP contribution in [0.2, 0.25) is 5.02 Å². The molecule has 1 heterocycles. The summed E-state index contributed by atoms with van der Waals surface area (Å²) in [4.78, 5) is 53.7. The molecule has 0 radical (unpaired) electrons. The lowest BCUT2D eigenvalue weighted by molar-refractivity contribution is -0.121. The number of esters is 1. The Hall–Kier alpha value is -4.68. The maximum atomic E-state index is 12.9. The van der Waals surface area contributed by atoms with Crippen LogP contribution in [0.15, 0.2) is 66.7 Å². The maximum Gasteiger partial charge on any atom is 0.342 e. The number of hydrogen-bond acceptors (Lipinski definition) is 7. The molecule has 0 unspecified atom stereocenters. The SMILES string of the molecule is COc1cc(N2C(=O)c3ccccc3C2=O)c(Cl)cc1C(=O)OCC(=O)N(CCC#N)c1ccccc1. The van der Waals surface area contributed by atoms with Gasteiger partial charge in [0.15, 0.2) is 6.61 Å². The van der Waals surface area contributed by atoms with Crippen molar-refractivity contribution in [3.05, 3.63) is 88.4 Å². The third-order valence-corrected chi connectivity index (χ3v) is 5.97. The Morgan fingerprint density at radius 3 is 2.22 bits per heavy atom. The fourth-order valence-corrected chi connectivity index (χ4v) is 4.15. The Bertz CT molecular complexity index is 1400. The first-order valence-corrected chi connectivity index (χ1v) is 11.5. The molecule has 0 spiro atoms. The average Bonchev–Trinajstić information content (AvgIpc) is 3.17. The van der Waals surface area contributed by atoms with E-state index in [1.807, 2.05) is 6.07 Å². The quantitative estimate of drug-likeness (QED) is 0.324. The number of methoxy groups -OCH3 is 1. The van der Waals surface area contributed by atoms with Gasteiger partial charge in [-0.15, -0.1) is 0 Å². The van der Waals surface area contributed by atoms with Gasteiger partial charge in [-0.3, -0.25) is 14.4 Å². The zero-order valence-corrected chi connectivity index (χ0v) is 20.4. The van der Waals surface area contributed by atoms with Gasteiger partial charge in [0.2, 0.25) is 0 Å². The third kappa shape index (κ3) is 5.01. The number of ether oxygens (including phenoxy) is 2. The van der Waals surface area contributed by atoms with E-state index in [1.54, 1.807) is 54.6 Å². The molecule has 1 aliphatic rings. The van der Waals surface area contributed by atoms with Crippen LogP contribution in [0, 0.1) is 11.3 Å². The van der Waals surface area contributed by atoms with Crippen molar-refractivity contribution < 1.29 is 28.7 Å². The highest BCUT2D eigenvalue weighted by molar-refractivity contribution is 6.40. The first-order chi connectivity index (χ1) is 17.9. The van der Waals surface area contributed by atoms with Crippen LogP contribution in [0.5, 0.6) is 5.75 Å². The molecule has 3 aromatic rings. The van der Waals surface area contributed by atoms with Crippen molar-refractivity contribution in [1.29, 1.82) is 5.26 Å². The van der Waals surface area contributed by atoms with Crippen LogP contribution in [0.4, 0.5) is 11.4 Å². The summed E-state index contributed by atoms with van der Waals surface area (Å²) in [6.45, 7) is -0.471. The van der Waals surface area contributed by atoms with E-state index < -0.39 is 30.3 Å². The zero-order chi connectivity index (χ0) is 26.5. The monoisotopic (exact) mass is 517 g/mol. The Balaban J connectivity index is 1.54. The number of rotatable bonds is 8. The summed E-state index contributed by atoms with van der Waals surface area (Å²) in [5.74, 6) is -2.53. The van der Waals surface area contributed by atoms with Crippen molar-refractivity contribution in [1.82, 2.24) is 0 Å². The number of carbonyl (C=O) groups excluding carboxylic acids is 4. The van der Waals surface area contributed by atoms with Crippen LogP contribution in [-0.4, -0.2) is 44.0 Å². The van der Waals surface area contributed by atoms with E-state index in [0.29, 0.717) is 5.69 Å². The largest absolute Gasteiger partial charge is 0.496 e. The molecular formula is C27H20ClN3O6. The third-order valence-electron chi connectivity index (χ3n) is 5.67. The average molecular weight is 518 g/mol. The van der Waals surface area contributed by atoms with E-state index >= 15 is 0 Å². The molecule has 4 rings (SSSR count). The van der Waals surface area contributed by atoms with Gasteiger partial charge in [0, 0.05) is 18.3 Å². The molecule has 0 fully saturated rings. The van der Waals surface area contributed by atoms with E-state index in [0.717, 1.165) is 4.90 Å². The van der Waals surface area contributed by atoms with Gasteiger partial charge in [-0.05, 0) is 30.3 Å². The summed E-state index contributed by atoms with van der Waals surface area (Å²) < 4.78 is 10.5. The summed E-state index contributed by atoms with van der Waals surface area (Å²) in [6.07, 6.45) is 0.0945. The predicted molar refractivity (Wildman–Crippen MR) is 135 cm³/mol. The number of nitriles is 1. The number of fused-ring (bicyclic) bond motifs is 1. The van der Waals surface area contributed by atoms with Crippen LogP contribution in [-0.2, 0) is 9.53 Å². The molecular weight excluding hydrogens is 498 g/mol. The molecule has 0 aromatic heterocycles. The van der Waals surface area contributed by atoms with E-state index in [2.05, 4.69) is 0 Å². The number of imide groups is 1. The standard InChI is InChI=1S/C27H20ClN3O6/c1-36-23-15-22(31-25(33)18-10-5-6-11-19(18)26(31)34)21(28)14-20(23)27(35)37-16-24(32)30(13-7-12-29)17-8-3-2-4-9-17/h2-6,8-11,14-15H,7,13,16H2,1H3. The first-order valence-electron chi connectivity index (χ1n) is 11.1. The molecule has 0 bridgehead atoms. The molecule has 1 aliphatic heterocycles. The van der Waals surface area contributed by atoms with Crippen molar-refractivity contribution in [2.24, 2.45) is 0 Å². The number of nitrogens with zero attached hydrogens (tertiary/aromatic N) is 3. The number of para-hydroxylation sites is 1. The van der Waals surface area contributed by atoms with E-state index in [4.69, 9.17) is 26.3 Å². The molecule has 10 heteroatoms. The Kier molecular flexibility index (Phi) is 7.51. The Morgan fingerprint density at radius 1 is 1.00 bits per heavy atom. The van der Waals surface area contributed by atoms with Gasteiger partial charge in [0.25, 0.3) is 17.7 Å². The van der Waals surface area contributed by atoms with Crippen LogP contribution < -0.4 is 14.5 Å². The van der Waals surface area contributed by atoms with Crippen LogP contribution in [0.1, 0.15) is 37.5 Å². The molecule has 0 saturated heterocycles. The fourth-order valence-electron chi connectivity index (χ4n) is 3.90. The molecule has 186 valence electrons. The molecule has 3 amide bonds. The predicted octanol–water partition coefficient (Wildman–Crippen LogP) is 4.25.